The summed E-state index contributed by atoms with van der Waals surface area (Å²) in [6, 6.07) is 6.72. The van der Waals surface area contributed by atoms with E-state index in [1.807, 2.05) is 0 Å². The van der Waals surface area contributed by atoms with Gasteiger partial charge in [-0.05, 0) is 51.4 Å². The zero-order valence-electron chi connectivity index (χ0n) is 9.60. The van der Waals surface area contributed by atoms with Gasteiger partial charge in [-0.25, -0.2) is 0 Å². The van der Waals surface area contributed by atoms with Crippen LogP contribution in [0.2, 0.25) is 0 Å². The topological polar surface area (TPSA) is 29.3 Å². The van der Waals surface area contributed by atoms with Gasteiger partial charge in [0.1, 0.15) is 0 Å². The van der Waals surface area contributed by atoms with Crippen LogP contribution in [0.15, 0.2) is 32.7 Å². The lowest BCUT2D eigenvalue weighted by atomic mass is 10.2. The number of likely N-dealkylation sites (N-methyl/N-ethyl adjacent to an activating group) is 1. The molecule has 0 aliphatic carbocycles. The molecule has 92 valence electrons. The minimum atomic E-state index is 0.314. The highest BCUT2D eigenvalue weighted by atomic mass is 79.9. The molecule has 2 heterocycles. The average molecular weight is 331 g/mol. The van der Waals surface area contributed by atoms with Crippen molar-refractivity contribution in [2.75, 3.05) is 13.6 Å². The minimum Gasteiger partial charge on any atom is -0.329 e. The van der Waals surface area contributed by atoms with Crippen molar-refractivity contribution in [1.29, 1.82) is 0 Å². The number of hydrogen-bond acceptors (Lipinski definition) is 4. The van der Waals surface area contributed by atoms with E-state index in [4.69, 9.17) is 5.73 Å². The molecule has 0 aliphatic rings. The van der Waals surface area contributed by atoms with E-state index in [9.17, 15) is 0 Å². The van der Waals surface area contributed by atoms with Crippen molar-refractivity contribution in [2.45, 2.75) is 12.6 Å². The molecule has 0 saturated heterocycles. The summed E-state index contributed by atoms with van der Waals surface area (Å²) in [5.41, 5.74) is 7.21. The highest BCUT2D eigenvalue weighted by Gasteiger charge is 2.16. The van der Waals surface area contributed by atoms with Gasteiger partial charge in [0.15, 0.2) is 0 Å². The highest BCUT2D eigenvalue weighted by Crippen LogP contribution is 2.27. The lowest BCUT2D eigenvalue weighted by Crippen LogP contribution is -2.29. The molecule has 17 heavy (non-hydrogen) atoms. The Hall–Kier alpha value is -0.200. The third-order valence-electron chi connectivity index (χ3n) is 2.68. The number of halogens is 1. The van der Waals surface area contributed by atoms with Gasteiger partial charge in [-0.2, -0.15) is 0 Å². The van der Waals surface area contributed by atoms with Gasteiger partial charge in [0.05, 0.1) is 9.83 Å². The molecule has 2 aromatic heterocycles. The summed E-state index contributed by atoms with van der Waals surface area (Å²) in [6.07, 6.45) is 0. The van der Waals surface area contributed by atoms with Gasteiger partial charge in [0.2, 0.25) is 0 Å². The molecule has 0 radical (unpaired) electrons. The lowest BCUT2D eigenvalue weighted by molar-refractivity contribution is 0.245. The molecule has 0 spiro atoms. The maximum atomic E-state index is 5.88. The van der Waals surface area contributed by atoms with Crippen LogP contribution in [0.4, 0.5) is 0 Å². The number of nitrogens with zero attached hydrogens (tertiary/aromatic N) is 1. The van der Waals surface area contributed by atoms with E-state index in [1.54, 1.807) is 22.7 Å². The molecule has 0 amide bonds. The van der Waals surface area contributed by atoms with Crippen molar-refractivity contribution in [3.05, 3.63) is 43.2 Å². The van der Waals surface area contributed by atoms with E-state index in [2.05, 4.69) is 56.8 Å². The van der Waals surface area contributed by atoms with Crippen molar-refractivity contribution in [3.8, 4) is 0 Å². The minimum absolute atomic E-state index is 0.314. The van der Waals surface area contributed by atoms with Crippen LogP contribution in [0.5, 0.6) is 0 Å². The Balaban J connectivity index is 2.05. The maximum absolute atomic E-state index is 5.88. The SMILES string of the molecule is CN(Cc1csc(Br)c1)C(CN)c1cccs1. The Kier molecular flexibility index (Phi) is 4.76. The summed E-state index contributed by atoms with van der Waals surface area (Å²) in [5, 5.41) is 4.29. The largest absolute Gasteiger partial charge is 0.329 e. The molecular weight excluding hydrogens is 316 g/mol. The molecule has 2 rings (SSSR count). The van der Waals surface area contributed by atoms with E-state index < -0.39 is 0 Å². The second kappa shape index (κ2) is 6.11. The normalized spacial score (nSPS) is 13.2. The first-order valence-electron chi connectivity index (χ1n) is 5.37. The third kappa shape index (κ3) is 3.39. The Morgan fingerprint density at radius 2 is 2.29 bits per heavy atom. The Labute approximate surface area is 118 Å². The van der Waals surface area contributed by atoms with E-state index in [0.29, 0.717) is 12.6 Å². The van der Waals surface area contributed by atoms with Crippen molar-refractivity contribution in [2.24, 2.45) is 5.73 Å². The zero-order valence-corrected chi connectivity index (χ0v) is 12.8. The van der Waals surface area contributed by atoms with Crippen molar-refractivity contribution >= 4 is 38.6 Å². The molecule has 2 N–H and O–H groups in total. The van der Waals surface area contributed by atoms with Gasteiger partial charge in [-0.15, -0.1) is 22.7 Å². The van der Waals surface area contributed by atoms with Gasteiger partial charge in [-0.1, -0.05) is 6.07 Å². The smallest absolute Gasteiger partial charge is 0.0701 e. The summed E-state index contributed by atoms with van der Waals surface area (Å²) in [4.78, 5) is 3.64. The van der Waals surface area contributed by atoms with Crippen LogP contribution in [-0.4, -0.2) is 18.5 Å². The quantitative estimate of drug-likeness (QED) is 0.905. The summed E-state index contributed by atoms with van der Waals surface area (Å²) in [5.74, 6) is 0. The standard InChI is InChI=1S/C12H15BrN2S2/c1-15(7-9-5-12(13)17-8-9)10(6-14)11-3-2-4-16-11/h2-5,8,10H,6-7,14H2,1H3. The van der Waals surface area contributed by atoms with Gasteiger partial charge >= 0.3 is 0 Å². The van der Waals surface area contributed by atoms with Crippen LogP contribution in [0.25, 0.3) is 0 Å². The number of thiophene rings is 2. The maximum Gasteiger partial charge on any atom is 0.0701 e. The third-order valence-corrected chi connectivity index (χ3v) is 5.21. The first kappa shape index (κ1) is 13.2. The fraction of sp³-hybridized carbons (Fsp3) is 0.333. The molecule has 0 bridgehead atoms. The van der Waals surface area contributed by atoms with Crippen LogP contribution in [-0.2, 0) is 6.54 Å². The van der Waals surface area contributed by atoms with Crippen molar-refractivity contribution < 1.29 is 0 Å². The number of nitrogens with two attached hydrogens (primary N) is 1. The second-order valence-corrected chi connectivity index (χ2v) is 7.21. The van der Waals surface area contributed by atoms with E-state index in [1.165, 1.54) is 14.2 Å². The molecule has 5 heteroatoms. The Bertz CT molecular complexity index is 453. The van der Waals surface area contributed by atoms with Crippen molar-refractivity contribution in [3.63, 3.8) is 0 Å². The molecular formula is C12H15BrN2S2. The lowest BCUT2D eigenvalue weighted by Gasteiger charge is -2.25. The summed E-state index contributed by atoms with van der Waals surface area (Å²) < 4.78 is 1.18. The monoisotopic (exact) mass is 330 g/mol. The molecule has 1 unspecified atom stereocenters. The number of rotatable bonds is 5. The molecule has 0 aliphatic heterocycles. The highest BCUT2D eigenvalue weighted by molar-refractivity contribution is 9.11. The Morgan fingerprint density at radius 1 is 1.47 bits per heavy atom. The van der Waals surface area contributed by atoms with E-state index in [-0.39, 0.29) is 0 Å². The fourth-order valence-electron chi connectivity index (χ4n) is 1.82. The van der Waals surface area contributed by atoms with Crippen LogP contribution >= 0.6 is 38.6 Å². The van der Waals surface area contributed by atoms with Crippen LogP contribution in [0, 0.1) is 0 Å². The fourth-order valence-corrected chi connectivity index (χ4v) is 3.93. The predicted molar refractivity (Wildman–Crippen MR) is 79.6 cm³/mol. The summed E-state index contributed by atoms with van der Waals surface area (Å²) in [7, 11) is 2.13. The summed E-state index contributed by atoms with van der Waals surface area (Å²) >= 11 is 6.99. The van der Waals surface area contributed by atoms with Gasteiger partial charge in [0, 0.05) is 18.0 Å². The van der Waals surface area contributed by atoms with Crippen LogP contribution in [0.3, 0.4) is 0 Å². The number of hydrogen-bond donors (Lipinski definition) is 1. The van der Waals surface area contributed by atoms with E-state index >= 15 is 0 Å². The van der Waals surface area contributed by atoms with Gasteiger partial charge < -0.3 is 5.73 Å². The molecule has 2 aromatic rings. The Morgan fingerprint density at radius 3 is 2.82 bits per heavy atom. The molecule has 1 atom stereocenters. The molecule has 0 saturated carbocycles. The molecule has 0 fully saturated rings. The first-order valence-corrected chi connectivity index (χ1v) is 7.92. The van der Waals surface area contributed by atoms with Crippen molar-refractivity contribution in [1.82, 2.24) is 4.90 Å². The van der Waals surface area contributed by atoms with E-state index in [0.717, 1.165) is 6.54 Å². The molecule has 0 aromatic carbocycles. The summed E-state index contributed by atoms with van der Waals surface area (Å²) in [6.45, 7) is 1.59. The second-order valence-electron chi connectivity index (χ2n) is 3.94. The van der Waals surface area contributed by atoms with Crippen LogP contribution < -0.4 is 5.73 Å². The zero-order chi connectivity index (χ0) is 12.3. The van der Waals surface area contributed by atoms with Gasteiger partial charge in [0.25, 0.3) is 0 Å². The average Bonchev–Trinajstić information content (AvgIpc) is 2.92. The van der Waals surface area contributed by atoms with Crippen LogP contribution in [0.1, 0.15) is 16.5 Å². The van der Waals surface area contributed by atoms with Gasteiger partial charge in [-0.3, -0.25) is 4.90 Å². The predicted octanol–water partition coefficient (Wildman–Crippen LogP) is 3.70. The molecule has 2 nitrogen and oxygen atoms in total. The first-order chi connectivity index (χ1) is 8.20.